The average molecular weight is 235 g/mol. The third-order valence-corrected chi connectivity index (χ3v) is 2.59. The quantitative estimate of drug-likeness (QED) is 0.847. The van der Waals surface area contributed by atoms with Gasteiger partial charge in [0.05, 0.1) is 7.11 Å². The summed E-state index contributed by atoms with van der Waals surface area (Å²) in [6.45, 7) is 6.61. The molecule has 17 heavy (non-hydrogen) atoms. The van der Waals surface area contributed by atoms with Gasteiger partial charge < -0.3 is 15.6 Å². The standard InChI is InChI=1S/C14H21NO2/c1-14(2,3)12-9-11(17-4)8-10(13(12)16)6-5-7-15/h5-6,8-9,16H,7,15H2,1-4H3/b6-5+. The molecule has 0 saturated carbocycles. The van der Waals surface area contributed by atoms with Crippen molar-refractivity contribution in [2.45, 2.75) is 26.2 Å². The molecule has 0 amide bonds. The molecule has 3 heteroatoms. The molecule has 3 N–H and O–H groups in total. The first-order chi connectivity index (χ1) is 7.90. The molecule has 0 bridgehead atoms. The number of phenolic OH excluding ortho intramolecular Hbond substituents is 1. The number of hydrogen-bond acceptors (Lipinski definition) is 3. The molecule has 0 fully saturated rings. The molecule has 0 aromatic heterocycles. The van der Waals surface area contributed by atoms with Gasteiger partial charge in [0.1, 0.15) is 11.5 Å². The second-order valence-electron chi connectivity index (χ2n) is 5.00. The Morgan fingerprint density at radius 1 is 1.35 bits per heavy atom. The van der Waals surface area contributed by atoms with Crippen molar-refractivity contribution in [1.29, 1.82) is 0 Å². The normalized spacial score (nSPS) is 12.1. The van der Waals surface area contributed by atoms with Gasteiger partial charge in [0.25, 0.3) is 0 Å². The van der Waals surface area contributed by atoms with Gasteiger partial charge in [0.15, 0.2) is 0 Å². The van der Waals surface area contributed by atoms with E-state index in [4.69, 9.17) is 10.5 Å². The number of aromatic hydroxyl groups is 1. The van der Waals surface area contributed by atoms with Crippen molar-refractivity contribution in [3.8, 4) is 11.5 Å². The van der Waals surface area contributed by atoms with Gasteiger partial charge in [-0.1, -0.05) is 32.9 Å². The van der Waals surface area contributed by atoms with Gasteiger partial charge in [-0.2, -0.15) is 0 Å². The van der Waals surface area contributed by atoms with Crippen LogP contribution in [0.25, 0.3) is 6.08 Å². The maximum atomic E-state index is 10.2. The molecule has 1 aromatic rings. The van der Waals surface area contributed by atoms with E-state index in [1.165, 1.54) is 0 Å². The topological polar surface area (TPSA) is 55.5 Å². The van der Waals surface area contributed by atoms with Crippen LogP contribution in [0.4, 0.5) is 0 Å². The molecule has 3 nitrogen and oxygen atoms in total. The van der Waals surface area contributed by atoms with E-state index < -0.39 is 0 Å². The van der Waals surface area contributed by atoms with Gasteiger partial charge in [-0.15, -0.1) is 0 Å². The Morgan fingerprint density at radius 3 is 2.47 bits per heavy atom. The number of ether oxygens (including phenoxy) is 1. The summed E-state index contributed by atoms with van der Waals surface area (Å²) in [5, 5.41) is 10.2. The lowest BCUT2D eigenvalue weighted by molar-refractivity contribution is 0.405. The molecule has 0 spiro atoms. The predicted molar refractivity (Wildman–Crippen MR) is 71.4 cm³/mol. The highest BCUT2D eigenvalue weighted by Crippen LogP contribution is 2.37. The largest absolute Gasteiger partial charge is 0.507 e. The summed E-state index contributed by atoms with van der Waals surface area (Å²) in [6.07, 6.45) is 3.62. The zero-order chi connectivity index (χ0) is 13.1. The second-order valence-corrected chi connectivity index (χ2v) is 5.00. The third kappa shape index (κ3) is 3.24. The minimum atomic E-state index is -0.135. The van der Waals surface area contributed by atoms with E-state index in [0.717, 1.165) is 16.9 Å². The summed E-state index contributed by atoms with van der Waals surface area (Å²) < 4.78 is 5.25. The van der Waals surface area contributed by atoms with Crippen LogP contribution in [0.5, 0.6) is 11.5 Å². The van der Waals surface area contributed by atoms with E-state index in [1.54, 1.807) is 19.3 Å². The van der Waals surface area contributed by atoms with Crippen LogP contribution in [0.2, 0.25) is 0 Å². The Bertz CT molecular complexity index is 417. The SMILES string of the molecule is COc1cc(/C=C/CN)c(O)c(C(C)(C)C)c1. The van der Waals surface area contributed by atoms with Crippen molar-refractivity contribution >= 4 is 6.08 Å². The molecule has 0 heterocycles. The van der Waals surface area contributed by atoms with Gasteiger partial charge in [-0.25, -0.2) is 0 Å². The van der Waals surface area contributed by atoms with E-state index in [2.05, 4.69) is 20.8 Å². The fourth-order valence-electron chi connectivity index (χ4n) is 1.64. The van der Waals surface area contributed by atoms with E-state index in [1.807, 2.05) is 12.1 Å². The van der Waals surface area contributed by atoms with Crippen LogP contribution in [-0.2, 0) is 5.41 Å². The van der Waals surface area contributed by atoms with Gasteiger partial charge in [0, 0.05) is 17.7 Å². The first kappa shape index (κ1) is 13.6. The molecule has 94 valence electrons. The van der Waals surface area contributed by atoms with Gasteiger partial charge in [-0.05, 0) is 17.5 Å². The number of rotatable bonds is 3. The fourth-order valence-corrected chi connectivity index (χ4v) is 1.64. The minimum absolute atomic E-state index is 0.135. The molecule has 1 aromatic carbocycles. The lowest BCUT2D eigenvalue weighted by Gasteiger charge is -2.22. The molecule has 0 aliphatic heterocycles. The molecule has 0 aliphatic carbocycles. The summed E-state index contributed by atoms with van der Waals surface area (Å²) in [4.78, 5) is 0. The number of nitrogens with two attached hydrogens (primary N) is 1. The Hall–Kier alpha value is -1.48. The smallest absolute Gasteiger partial charge is 0.126 e. The van der Waals surface area contributed by atoms with Crippen molar-refractivity contribution in [1.82, 2.24) is 0 Å². The highest BCUT2D eigenvalue weighted by Gasteiger charge is 2.20. The van der Waals surface area contributed by atoms with Crippen LogP contribution in [0, 0.1) is 0 Å². The molecule has 1 rings (SSSR count). The summed E-state index contributed by atoms with van der Waals surface area (Å²) in [7, 11) is 1.62. The maximum absolute atomic E-state index is 10.2. The highest BCUT2D eigenvalue weighted by atomic mass is 16.5. The predicted octanol–water partition coefficient (Wildman–Crippen LogP) is 2.67. The molecule has 0 aliphatic rings. The first-order valence-electron chi connectivity index (χ1n) is 5.68. The Balaban J connectivity index is 3.36. The van der Waals surface area contributed by atoms with Crippen molar-refractivity contribution in [2.24, 2.45) is 5.73 Å². The van der Waals surface area contributed by atoms with Gasteiger partial charge >= 0.3 is 0 Å². The van der Waals surface area contributed by atoms with Crippen LogP contribution in [0.15, 0.2) is 18.2 Å². The minimum Gasteiger partial charge on any atom is -0.507 e. The second kappa shape index (κ2) is 5.23. The average Bonchev–Trinajstić information content (AvgIpc) is 2.26. The number of hydrogen-bond donors (Lipinski definition) is 2. The van der Waals surface area contributed by atoms with Crippen LogP contribution >= 0.6 is 0 Å². The van der Waals surface area contributed by atoms with E-state index in [0.29, 0.717) is 12.3 Å². The number of methoxy groups -OCH3 is 1. The molecule has 0 unspecified atom stereocenters. The van der Waals surface area contributed by atoms with Crippen molar-refractivity contribution in [2.75, 3.05) is 13.7 Å². The Kier molecular flexibility index (Phi) is 4.18. The molecule has 0 atom stereocenters. The number of phenols is 1. The highest BCUT2D eigenvalue weighted by molar-refractivity contribution is 5.63. The molecular formula is C14H21NO2. The lowest BCUT2D eigenvalue weighted by Crippen LogP contribution is -2.12. The van der Waals surface area contributed by atoms with Gasteiger partial charge in [0.2, 0.25) is 0 Å². The van der Waals surface area contributed by atoms with Crippen LogP contribution < -0.4 is 10.5 Å². The zero-order valence-corrected chi connectivity index (χ0v) is 10.9. The summed E-state index contributed by atoms with van der Waals surface area (Å²) in [5.74, 6) is 1.03. The van der Waals surface area contributed by atoms with E-state index in [-0.39, 0.29) is 5.41 Å². The molecular weight excluding hydrogens is 214 g/mol. The van der Waals surface area contributed by atoms with Crippen LogP contribution in [0.3, 0.4) is 0 Å². The van der Waals surface area contributed by atoms with Crippen LogP contribution in [0.1, 0.15) is 31.9 Å². The zero-order valence-electron chi connectivity index (χ0n) is 10.9. The van der Waals surface area contributed by atoms with Gasteiger partial charge in [-0.3, -0.25) is 0 Å². The number of benzene rings is 1. The maximum Gasteiger partial charge on any atom is 0.126 e. The lowest BCUT2D eigenvalue weighted by atomic mass is 9.85. The third-order valence-electron chi connectivity index (χ3n) is 2.59. The first-order valence-corrected chi connectivity index (χ1v) is 5.68. The summed E-state index contributed by atoms with van der Waals surface area (Å²) in [6, 6.07) is 3.67. The summed E-state index contributed by atoms with van der Waals surface area (Å²) in [5.41, 5.74) is 6.89. The monoisotopic (exact) mass is 235 g/mol. The van der Waals surface area contributed by atoms with Crippen molar-refractivity contribution < 1.29 is 9.84 Å². The van der Waals surface area contributed by atoms with Crippen molar-refractivity contribution in [3.05, 3.63) is 29.3 Å². The van der Waals surface area contributed by atoms with Crippen LogP contribution in [-0.4, -0.2) is 18.8 Å². The van der Waals surface area contributed by atoms with E-state index >= 15 is 0 Å². The van der Waals surface area contributed by atoms with Crippen molar-refractivity contribution in [3.63, 3.8) is 0 Å². The fraction of sp³-hybridized carbons (Fsp3) is 0.429. The summed E-state index contributed by atoms with van der Waals surface area (Å²) >= 11 is 0. The molecule has 0 saturated heterocycles. The Morgan fingerprint density at radius 2 is 2.00 bits per heavy atom. The molecule has 0 radical (unpaired) electrons. The Labute approximate surface area is 103 Å². The van der Waals surface area contributed by atoms with E-state index in [9.17, 15) is 5.11 Å².